The second-order valence-electron chi connectivity index (χ2n) is 5.94. The summed E-state index contributed by atoms with van der Waals surface area (Å²) in [4.78, 5) is 33.3. The number of rotatable bonds is 7. The minimum atomic E-state index is -0.632. The summed E-state index contributed by atoms with van der Waals surface area (Å²) in [5.74, 6) is 0.218. The van der Waals surface area contributed by atoms with Crippen molar-refractivity contribution in [3.8, 4) is 17.1 Å². The summed E-state index contributed by atoms with van der Waals surface area (Å²) in [6.07, 6.45) is 2.49. The van der Waals surface area contributed by atoms with Crippen molar-refractivity contribution in [2.75, 3.05) is 12.4 Å². The van der Waals surface area contributed by atoms with Crippen LogP contribution in [0.15, 0.2) is 65.1 Å². The Morgan fingerprint density at radius 2 is 1.77 bits per heavy atom. The molecule has 0 saturated carbocycles. The molecule has 0 aliphatic carbocycles. The van der Waals surface area contributed by atoms with Gasteiger partial charge in [-0.25, -0.2) is 0 Å². The van der Waals surface area contributed by atoms with Crippen molar-refractivity contribution in [3.05, 3.63) is 86.7 Å². The van der Waals surface area contributed by atoms with Crippen molar-refractivity contribution in [2.45, 2.75) is 0 Å². The van der Waals surface area contributed by atoms with Crippen molar-refractivity contribution in [3.63, 3.8) is 0 Å². The fourth-order valence-electron chi connectivity index (χ4n) is 2.66. The Hall–Kier alpha value is -4.47. The first-order chi connectivity index (χ1) is 14.4. The molecule has 0 aliphatic heterocycles. The number of anilines is 1. The van der Waals surface area contributed by atoms with Crippen LogP contribution < -0.4 is 10.1 Å². The lowest BCUT2D eigenvalue weighted by Gasteiger charge is -2.05. The largest absolute Gasteiger partial charge is 0.496 e. The Kier molecular flexibility index (Phi) is 5.87. The third-order valence-electron chi connectivity index (χ3n) is 4.05. The van der Waals surface area contributed by atoms with E-state index in [2.05, 4.69) is 5.32 Å². The molecule has 10 nitrogen and oxygen atoms in total. The van der Waals surface area contributed by atoms with E-state index in [1.807, 2.05) is 0 Å². The Morgan fingerprint density at radius 3 is 2.47 bits per heavy atom. The fourth-order valence-corrected chi connectivity index (χ4v) is 2.66. The molecule has 1 aromatic heterocycles. The van der Waals surface area contributed by atoms with Crippen LogP contribution in [0.5, 0.6) is 5.75 Å². The maximum atomic E-state index is 12.2. The number of amides is 1. The van der Waals surface area contributed by atoms with Gasteiger partial charge in [0.1, 0.15) is 23.0 Å². The van der Waals surface area contributed by atoms with E-state index in [9.17, 15) is 25.0 Å². The summed E-state index contributed by atoms with van der Waals surface area (Å²) < 4.78 is 10.5. The van der Waals surface area contributed by atoms with Gasteiger partial charge < -0.3 is 14.5 Å². The average Bonchev–Trinajstić information content (AvgIpc) is 3.21. The Morgan fingerprint density at radius 1 is 1.03 bits per heavy atom. The number of para-hydroxylation sites is 1. The summed E-state index contributed by atoms with van der Waals surface area (Å²) in [6, 6.07) is 13.3. The zero-order chi connectivity index (χ0) is 21.7. The smallest absolute Gasteiger partial charge is 0.296 e. The lowest BCUT2D eigenvalue weighted by atomic mass is 10.1. The van der Waals surface area contributed by atoms with Gasteiger partial charge in [-0.3, -0.25) is 25.0 Å². The second kappa shape index (κ2) is 8.69. The number of carbonyl (C=O) groups is 1. The average molecular weight is 409 g/mol. The van der Waals surface area contributed by atoms with E-state index in [1.165, 1.54) is 37.5 Å². The first-order valence-electron chi connectivity index (χ1n) is 8.54. The van der Waals surface area contributed by atoms with Crippen molar-refractivity contribution < 1.29 is 23.8 Å². The molecule has 2 aromatic carbocycles. The summed E-state index contributed by atoms with van der Waals surface area (Å²) in [7, 11) is 1.38. The maximum absolute atomic E-state index is 12.2. The molecule has 3 aromatic rings. The maximum Gasteiger partial charge on any atom is 0.296 e. The van der Waals surface area contributed by atoms with Gasteiger partial charge in [-0.2, -0.15) is 0 Å². The van der Waals surface area contributed by atoms with E-state index in [0.29, 0.717) is 5.56 Å². The van der Waals surface area contributed by atoms with Crippen molar-refractivity contribution in [2.24, 2.45) is 0 Å². The van der Waals surface area contributed by atoms with Gasteiger partial charge in [0.25, 0.3) is 11.4 Å². The third-order valence-corrected chi connectivity index (χ3v) is 4.05. The van der Waals surface area contributed by atoms with E-state index >= 15 is 0 Å². The zero-order valence-electron chi connectivity index (χ0n) is 15.6. The number of nitro groups is 2. The topological polar surface area (TPSA) is 138 Å². The molecule has 10 heteroatoms. The quantitative estimate of drug-likeness (QED) is 0.346. The number of hydrogen-bond donors (Lipinski definition) is 1. The van der Waals surface area contributed by atoms with Gasteiger partial charge in [-0.15, -0.1) is 0 Å². The zero-order valence-corrected chi connectivity index (χ0v) is 15.6. The molecule has 0 radical (unpaired) electrons. The number of benzene rings is 2. The molecule has 3 rings (SSSR count). The van der Waals surface area contributed by atoms with E-state index in [1.54, 1.807) is 30.3 Å². The number of nitrogens with one attached hydrogen (secondary N) is 1. The summed E-state index contributed by atoms with van der Waals surface area (Å²) >= 11 is 0. The number of ether oxygens (including phenoxy) is 1. The van der Waals surface area contributed by atoms with Crippen LogP contribution in [-0.4, -0.2) is 22.9 Å². The fraction of sp³-hybridized carbons (Fsp3) is 0.0500. The Bertz CT molecular complexity index is 1150. The molecular formula is C20H15N3O7. The first kappa shape index (κ1) is 20.3. The van der Waals surface area contributed by atoms with Gasteiger partial charge in [0.2, 0.25) is 5.91 Å². The van der Waals surface area contributed by atoms with Crippen LogP contribution in [0, 0.1) is 20.2 Å². The third kappa shape index (κ3) is 4.50. The molecule has 0 unspecified atom stereocenters. The molecule has 1 N–H and O–H groups in total. The lowest BCUT2D eigenvalue weighted by molar-refractivity contribution is -0.384. The predicted molar refractivity (Wildman–Crippen MR) is 108 cm³/mol. The highest BCUT2D eigenvalue weighted by Crippen LogP contribution is 2.31. The number of nitro benzene ring substituents is 2. The van der Waals surface area contributed by atoms with E-state index in [4.69, 9.17) is 9.15 Å². The van der Waals surface area contributed by atoms with Gasteiger partial charge in [-0.05, 0) is 36.4 Å². The monoisotopic (exact) mass is 409 g/mol. The first-order valence-corrected chi connectivity index (χ1v) is 8.54. The van der Waals surface area contributed by atoms with Crippen LogP contribution in [0.3, 0.4) is 0 Å². The van der Waals surface area contributed by atoms with Crippen LogP contribution in [-0.2, 0) is 4.79 Å². The SMILES string of the molecule is COc1ccc(NC(=O)/C=C/c2ccc(-c3ccccc3[N+](=O)[O-])o2)c([N+](=O)[O-])c1. The molecule has 0 spiro atoms. The van der Waals surface area contributed by atoms with Gasteiger partial charge in [-0.1, -0.05) is 12.1 Å². The molecule has 30 heavy (non-hydrogen) atoms. The highest BCUT2D eigenvalue weighted by atomic mass is 16.6. The van der Waals surface area contributed by atoms with Crippen LogP contribution in [0.1, 0.15) is 5.76 Å². The van der Waals surface area contributed by atoms with Gasteiger partial charge in [0.15, 0.2) is 0 Å². The van der Waals surface area contributed by atoms with Gasteiger partial charge in [0, 0.05) is 12.1 Å². The summed E-state index contributed by atoms with van der Waals surface area (Å²) in [5, 5.41) is 24.8. The minimum Gasteiger partial charge on any atom is -0.496 e. The van der Waals surface area contributed by atoms with Crippen LogP contribution >= 0.6 is 0 Å². The van der Waals surface area contributed by atoms with Crippen LogP contribution in [0.25, 0.3) is 17.4 Å². The number of methoxy groups -OCH3 is 1. The van der Waals surface area contributed by atoms with E-state index < -0.39 is 15.8 Å². The minimum absolute atomic E-state index is 0.00972. The van der Waals surface area contributed by atoms with Gasteiger partial charge >= 0.3 is 0 Å². The standard InChI is InChI=1S/C20H15N3O7/c1-29-14-6-9-16(18(12-14)23(27)28)21-20(24)11-8-13-7-10-19(30-13)15-4-2-3-5-17(15)22(25)26/h2-12H,1H3,(H,21,24)/b11-8+. The predicted octanol–water partition coefficient (Wildman–Crippen LogP) is 4.42. The van der Waals surface area contributed by atoms with E-state index in [0.717, 1.165) is 6.08 Å². The summed E-state index contributed by atoms with van der Waals surface area (Å²) in [5.41, 5.74) is -0.101. The number of hydrogen-bond acceptors (Lipinski definition) is 7. The van der Waals surface area contributed by atoms with Crippen LogP contribution in [0.4, 0.5) is 17.1 Å². The number of carbonyl (C=O) groups excluding carboxylic acids is 1. The Balaban J connectivity index is 1.76. The summed E-state index contributed by atoms with van der Waals surface area (Å²) in [6.45, 7) is 0. The van der Waals surface area contributed by atoms with E-state index in [-0.39, 0.29) is 34.3 Å². The number of nitrogens with zero attached hydrogens (tertiary/aromatic N) is 2. The molecule has 1 amide bonds. The van der Waals surface area contributed by atoms with Crippen molar-refractivity contribution >= 4 is 29.0 Å². The molecule has 0 atom stereocenters. The molecule has 1 heterocycles. The molecule has 0 fully saturated rings. The van der Waals surface area contributed by atoms with Gasteiger partial charge in [0.05, 0.1) is 28.6 Å². The second-order valence-corrected chi connectivity index (χ2v) is 5.94. The lowest BCUT2D eigenvalue weighted by Crippen LogP contribution is -2.09. The highest BCUT2D eigenvalue weighted by Gasteiger charge is 2.18. The normalized spacial score (nSPS) is 10.7. The molecule has 152 valence electrons. The van der Waals surface area contributed by atoms with Crippen molar-refractivity contribution in [1.29, 1.82) is 0 Å². The van der Waals surface area contributed by atoms with Crippen LogP contribution in [0.2, 0.25) is 0 Å². The number of furan rings is 1. The Labute approximate surface area is 169 Å². The molecule has 0 saturated heterocycles. The molecule has 0 bridgehead atoms. The molecular weight excluding hydrogens is 394 g/mol. The van der Waals surface area contributed by atoms with Crippen molar-refractivity contribution in [1.82, 2.24) is 0 Å². The highest BCUT2D eigenvalue weighted by molar-refractivity contribution is 6.03. The molecule has 0 aliphatic rings.